The number of aryl methyl sites for hydroxylation is 1. The first-order valence-electron chi connectivity index (χ1n) is 9.82. The van der Waals surface area contributed by atoms with Crippen LogP contribution in [-0.2, 0) is 16.6 Å². The van der Waals surface area contributed by atoms with Gasteiger partial charge < -0.3 is 25.3 Å². The van der Waals surface area contributed by atoms with Crippen LogP contribution in [0.15, 0.2) is 47.5 Å². The zero-order chi connectivity index (χ0) is 19.4. The second kappa shape index (κ2) is 9.67. The Kier molecular flexibility index (Phi) is 7.23. The first-order valence-corrected chi connectivity index (χ1v) is 9.82. The Morgan fingerprint density at radius 3 is 2.52 bits per heavy atom. The fourth-order valence-corrected chi connectivity index (χ4v) is 3.77. The van der Waals surface area contributed by atoms with E-state index in [4.69, 9.17) is 19.9 Å². The summed E-state index contributed by atoms with van der Waals surface area (Å²) in [7, 11) is 0. The molecule has 0 unspecified atom stereocenters. The number of benzene rings is 2. The topological polar surface area (TPSA) is 78.1 Å². The Balaban J connectivity index is 0.00000240. The van der Waals surface area contributed by atoms with Gasteiger partial charge in [0.15, 0.2) is 17.5 Å². The molecule has 2 heterocycles. The van der Waals surface area contributed by atoms with Gasteiger partial charge in [0.2, 0.25) is 6.79 Å². The van der Waals surface area contributed by atoms with Crippen molar-refractivity contribution in [2.24, 2.45) is 10.7 Å². The van der Waals surface area contributed by atoms with Crippen molar-refractivity contribution < 1.29 is 14.2 Å². The molecule has 1 fully saturated rings. The molecule has 0 saturated carbocycles. The van der Waals surface area contributed by atoms with E-state index in [0.29, 0.717) is 12.5 Å². The average molecular weight is 509 g/mol. The van der Waals surface area contributed by atoms with E-state index in [1.54, 1.807) is 0 Å². The summed E-state index contributed by atoms with van der Waals surface area (Å²) in [5.41, 5.74) is 9.51. The number of rotatable bonds is 5. The molecule has 3 N–H and O–H groups in total. The zero-order valence-electron chi connectivity index (χ0n) is 16.6. The van der Waals surface area contributed by atoms with Gasteiger partial charge in [0.25, 0.3) is 0 Å². The maximum atomic E-state index is 6.18. The molecular formula is C22H28IN3O3. The molecule has 0 atom stereocenters. The monoisotopic (exact) mass is 509 g/mol. The summed E-state index contributed by atoms with van der Waals surface area (Å²) in [6.45, 7) is 4.45. The van der Waals surface area contributed by atoms with Gasteiger partial charge in [0.1, 0.15) is 0 Å². The summed E-state index contributed by atoms with van der Waals surface area (Å²) in [4.78, 5) is 4.68. The maximum absolute atomic E-state index is 6.18. The van der Waals surface area contributed by atoms with Gasteiger partial charge in [0.05, 0.1) is 6.54 Å². The predicted molar refractivity (Wildman–Crippen MR) is 126 cm³/mol. The highest BCUT2D eigenvalue weighted by Crippen LogP contribution is 2.41. The zero-order valence-corrected chi connectivity index (χ0v) is 19.0. The van der Waals surface area contributed by atoms with Crippen LogP contribution in [0, 0.1) is 0 Å². The van der Waals surface area contributed by atoms with Crippen molar-refractivity contribution in [3.8, 4) is 11.5 Å². The number of halogens is 1. The Hall–Kier alpha value is -2.00. The summed E-state index contributed by atoms with van der Waals surface area (Å²) >= 11 is 0. The van der Waals surface area contributed by atoms with Crippen molar-refractivity contribution in [2.45, 2.75) is 31.6 Å². The third-order valence-electron chi connectivity index (χ3n) is 5.62. The quantitative estimate of drug-likeness (QED) is 0.361. The molecule has 0 aromatic heterocycles. The molecule has 2 aliphatic heterocycles. The Morgan fingerprint density at radius 2 is 1.79 bits per heavy atom. The standard InChI is InChI=1S/C22H27N3O3.HI/c1-2-16-3-6-18(7-4-16)25-21(23)24-14-22(9-11-26-12-10-22)17-5-8-19-20(13-17)28-15-27-19;/h3-8,13H,2,9-12,14-15H2,1H3,(H3,23,24,25);1H. The third kappa shape index (κ3) is 4.95. The van der Waals surface area contributed by atoms with E-state index in [1.807, 2.05) is 18.2 Å². The SMILES string of the molecule is CCc1ccc(NC(N)=NCC2(c3ccc4c(c3)OCO4)CCOCC2)cc1.I. The number of hydrogen-bond donors (Lipinski definition) is 2. The van der Waals surface area contributed by atoms with E-state index in [2.05, 4.69) is 41.5 Å². The van der Waals surface area contributed by atoms with E-state index >= 15 is 0 Å². The number of fused-ring (bicyclic) bond motifs is 1. The molecule has 156 valence electrons. The van der Waals surface area contributed by atoms with Crippen molar-refractivity contribution in [3.63, 3.8) is 0 Å². The van der Waals surface area contributed by atoms with Crippen LogP contribution in [0.5, 0.6) is 11.5 Å². The molecule has 2 aromatic rings. The molecule has 0 radical (unpaired) electrons. The molecule has 7 heteroatoms. The molecule has 0 bridgehead atoms. The van der Waals surface area contributed by atoms with E-state index < -0.39 is 0 Å². The van der Waals surface area contributed by atoms with Gasteiger partial charge in [-0.1, -0.05) is 25.1 Å². The Morgan fingerprint density at radius 1 is 1.07 bits per heavy atom. The van der Waals surface area contributed by atoms with Crippen molar-refractivity contribution >= 4 is 35.6 Å². The van der Waals surface area contributed by atoms with Crippen molar-refractivity contribution in [3.05, 3.63) is 53.6 Å². The smallest absolute Gasteiger partial charge is 0.231 e. The fourth-order valence-electron chi connectivity index (χ4n) is 3.77. The van der Waals surface area contributed by atoms with E-state index in [-0.39, 0.29) is 36.2 Å². The highest BCUT2D eigenvalue weighted by atomic mass is 127. The molecule has 6 nitrogen and oxygen atoms in total. The molecule has 29 heavy (non-hydrogen) atoms. The van der Waals surface area contributed by atoms with Crippen LogP contribution in [0.4, 0.5) is 5.69 Å². The lowest BCUT2D eigenvalue weighted by molar-refractivity contribution is 0.0531. The first kappa shape index (κ1) is 21.7. The minimum absolute atomic E-state index is 0. The predicted octanol–water partition coefficient (Wildman–Crippen LogP) is 4.07. The first-order chi connectivity index (χ1) is 13.7. The summed E-state index contributed by atoms with van der Waals surface area (Å²) < 4.78 is 16.6. The molecule has 2 aliphatic rings. The van der Waals surface area contributed by atoms with Crippen LogP contribution in [0.2, 0.25) is 0 Å². The summed E-state index contributed by atoms with van der Waals surface area (Å²) in [5, 5.41) is 3.19. The second-order valence-corrected chi connectivity index (χ2v) is 7.34. The van der Waals surface area contributed by atoms with Crippen LogP contribution in [0.1, 0.15) is 30.9 Å². The van der Waals surface area contributed by atoms with Gasteiger partial charge in [-0.25, -0.2) is 0 Å². The lowest BCUT2D eigenvalue weighted by atomic mass is 9.74. The van der Waals surface area contributed by atoms with Crippen LogP contribution in [-0.4, -0.2) is 32.5 Å². The summed E-state index contributed by atoms with van der Waals surface area (Å²) in [6.07, 6.45) is 2.81. The number of anilines is 1. The Labute approximate surface area is 188 Å². The van der Waals surface area contributed by atoms with E-state index in [9.17, 15) is 0 Å². The van der Waals surface area contributed by atoms with Gasteiger partial charge in [-0.15, -0.1) is 24.0 Å². The third-order valence-corrected chi connectivity index (χ3v) is 5.62. The maximum Gasteiger partial charge on any atom is 0.231 e. The molecule has 0 spiro atoms. The van der Waals surface area contributed by atoms with Crippen LogP contribution in [0.25, 0.3) is 0 Å². The lowest BCUT2D eigenvalue weighted by Crippen LogP contribution is -2.38. The normalized spacial score (nSPS) is 17.5. The minimum atomic E-state index is -0.113. The van der Waals surface area contributed by atoms with Crippen LogP contribution < -0.4 is 20.5 Å². The molecular weight excluding hydrogens is 481 g/mol. The van der Waals surface area contributed by atoms with E-state index in [0.717, 1.165) is 49.7 Å². The van der Waals surface area contributed by atoms with Gasteiger partial charge in [0, 0.05) is 24.3 Å². The number of nitrogens with zero attached hydrogens (tertiary/aromatic N) is 1. The van der Waals surface area contributed by atoms with Gasteiger partial charge >= 0.3 is 0 Å². The molecule has 0 aliphatic carbocycles. The minimum Gasteiger partial charge on any atom is -0.454 e. The van der Waals surface area contributed by atoms with Crippen molar-refractivity contribution in [1.29, 1.82) is 0 Å². The molecule has 4 rings (SSSR count). The largest absolute Gasteiger partial charge is 0.454 e. The average Bonchev–Trinajstić information content (AvgIpc) is 3.21. The van der Waals surface area contributed by atoms with Crippen molar-refractivity contribution in [1.82, 2.24) is 0 Å². The number of nitrogens with two attached hydrogens (primary N) is 1. The van der Waals surface area contributed by atoms with Crippen molar-refractivity contribution in [2.75, 3.05) is 31.9 Å². The van der Waals surface area contributed by atoms with Crippen LogP contribution in [0.3, 0.4) is 0 Å². The number of guanidine groups is 1. The van der Waals surface area contributed by atoms with Gasteiger partial charge in [-0.2, -0.15) is 0 Å². The van der Waals surface area contributed by atoms with Crippen LogP contribution >= 0.6 is 24.0 Å². The number of hydrogen-bond acceptors (Lipinski definition) is 4. The second-order valence-electron chi connectivity index (χ2n) is 7.34. The number of aliphatic imine (C=N–C) groups is 1. The summed E-state index contributed by atoms with van der Waals surface area (Å²) in [6, 6.07) is 14.4. The van der Waals surface area contributed by atoms with Gasteiger partial charge in [-0.05, 0) is 54.7 Å². The number of nitrogens with one attached hydrogen (secondary N) is 1. The van der Waals surface area contributed by atoms with E-state index in [1.165, 1.54) is 11.1 Å². The highest BCUT2D eigenvalue weighted by Gasteiger charge is 2.35. The molecule has 2 aromatic carbocycles. The molecule has 1 saturated heterocycles. The highest BCUT2D eigenvalue weighted by molar-refractivity contribution is 14.0. The lowest BCUT2D eigenvalue weighted by Gasteiger charge is -2.36. The Bertz CT molecular complexity index is 849. The van der Waals surface area contributed by atoms with Gasteiger partial charge in [-0.3, -0.25) is 4.99 Å². The molecule has 0 amide bonds. The summed E-state index contributed by atoms with van der Waals surface area (Å²) in [5.74, 6) is 2.02. The fraction of sp³-hybridized carbons (Fsp3) is 0.409. The number of ether oxygens (including phenoxy) is 3.